The molecule has 2 aromatic rings. The van der Waals surface area contributed by atoms with Crippen molar-refractivity contribution in [1.29, 1.82) is 0 Å². The van der Waals surface area contributed by atoms with E-state index in [1.165, 1.54) is 0 Å². The van der Waals surface area contributed by atoms with Crippen LogP contribution < -0.4 is 0 Å². The Morgan fingerprint density at radius 1 is 0.789 bits per heavy atom. The lowest BCUT2D eigenvalue weighted by molar-refractivity contribution is 0.0671. The molecule has 2 rings (SSSR count). The molecule has 0 aliphatic carbocycles. The summed E-state index contributed by atoms with van der Waals surface area (Å²) in [5, 5.41) is 20.4. The molecule has 0 spiro atoms. The Labute approximate surface area is 114 Å². The van der Waals surface area contributed by atoms with Gasteiger partial charge in [0.2, 0.25) is 0 Å². The van der Waals surface area contributed by atoms with Crippen molar-refractivity contribution in [3.05, 3.63) is 71.8 Å². The van der Waals surface area contributed by atoms with E-state index in [4.69, 9.17) is 0 Å². The van der Waals surface area contributed by atoms with E-state index in [-0.39, 0.29) is 5.92 Å². The topological polar surface area (TPSA) is 40.5 Å². The quantitative estimate of drug-likeness (QED) is 0.862. The summed E-state index contributed by atoms with van der Waals surface area (Å²) in [6.45, 7) is 1.98. The Morgan fingerprint density at radius 2 is 1.26 bits per heavy atom. The maximum atomic E-state index is 10.2. The highest BCUT2D eigenvalue weighted by molar-refractivity contribution is 5.21. The fourth-order valence-electron chi connectivity index (χ4n) is 2.22. The molecular weight excluding hydrogens is 236 g/mol. The predicted octanol–water partition coefficient (Wildman–Crippen LogP) is 3.27. The van der Waals surface area contributed by atoms with Crippen LogP contribution >= 0.6 is 0 Å². The summed E-state index contributed by atoms with van der Waals surface area (Å²) in [6.07, 6.45) is -0.833. The fraction of sp³-hybridized carbons (Fsp3) is 0.294. The molecule has 3 unspecified atom stereocenters. The molecule has 0 saturated heterocycles. The standard InChI is InChI=1S/C17H20O2/c1-13(14-8-4-2-5-9-14)16(18)12-17(19)15-10-6-3-7-11-15/h2-11,13,16-19H,12H2,1H3. The van der Waals surface area contributed by atoms with Crippen molar-refractivity contribution in [3.8, 4) is 0 Å². The van der Waals surface area contributed by atoms with Gasteiger partial charge in [0.05, 0.1) is 12.2 Å². The number of hydrogen-bond acceptors (Lipinski definition) is 2. The third kappa shape index (κ3) is 3.66. The Bertz CT molecular complexity index is 481. The van der Waals surface area contributed by atoms with E-state index in [9.17, 15) is 10.2 Å². The first kappa shape index (κ1) is 13.8. The molecule has 19 heavy (non-hydrogen) atoms. The first-order valence-electron chi connectivity index (χ1n) is 6.64. The van der Waals surface area contributed by atoms with Crippen LogP contribution in [0.1, 0.15) is 36.5 Å². The normalized spacial score (nSPS) is 15.7. The van der Waals surface area contributed by atoms with Gasteiger partial charge in [-0.25, -0.2) is 0 Å². The molecule has 2 heteroatoms. The molecule has 0 radical (unpaired) electrons. The van der Waals surface area contributed by atoms with Crippen molar-refractivity contribution in [2.75, 3.05) is 0 Å². The van der Waals surface area contributed by atoms with E-state index in [1.807, 2.05) is 67.6 Å². The number of rotatable bonds is 5. The summed E-state index contributed by atoms with van der Waals surface area (Å²) in [7, 11) is 0. The highest BCUT2D eigenvalue weighted by atomic mass is 16.3. The van der Waals surface area contributed by atoms with E-state index < -0.39 is 12.2 Å². The Morgan fingerprint density at radius 3 is 1.79 bits per heavy atom. The molecular formula is C17H20O2. The van der Waals surface area contributed by atoms with Gasteiger partial charge >= 0.3 is 0 Å². The van der Waals surface area contributed by atoms with Crippen LogP contribution in [0.5, 0.6) is 0 Å². The molecule has 3 atom stereocenters. The minimum absolute atomic E-state index is 0.0135. The van der Waals surface area contributed by atoms with Crippen LogP contribution in [0, 0.1) is 0 Å². The predicted molar refractivity (Wildman–Crippen MR) is 76.9 cm³/mol. The van der Waals surface area contributed by atoms with E-state index in [0.29, 0.717) is 6.42 Å². The summed E-state index contributed by atoms with van der Waals surface area (Å²) < 4.78 is 0. The molecule has 0 fully saturated rings. The van der Waals surface area contributed by atoms with Gasteiger partial charge in [-0.3, -0.25) is 0 Å². The molecule has 0 aromatic heterocycles. The van der Waals surface area contributed by atoms with Crippen LogP contribution in [0.3, 0.4) is 0 Å². The molecule has 2 N–H and O–H groups in total. The molecule has 2 aromatic carbocycles. The molecule has 0 heterocycles. The Balaban J connectivity index is 1.99. The molecule has 0 saturated carbocycles. The maximum Gasteiger partial charge on any atom is 0.0814 e. The molecule has 0 aliphatic heterocycles. The third-order valence-corrected chi connectivity index (χ3v) is 3.55. The van der Waals surface area contributed by atoms with E-state index in [1.54, 1.807) is 0 Å². The summed E-state index contributed by atoms with van der Waals surface area (Å²) in [6, 6.07) is 19.4. The van der Waals surface area contributed by atoms with Gasteiger partial charge in [-0.05, 0) is 11.1 Å². The van der Waals surface area contributed by atoms with Crippen molar-refractivity contribution in [3.63, 3.8) is 0 Å². The van der Waals surface area contributed by atoms with Gasteiger partial charge in [-0.1, -0.05) is 67.6 Å². The summed E-state index contributed by atoms with van der Waals surface area (Å²) in [4.78, 5) is 0. The Kier molecular flexibility index (Phi) is 4.72. The van der Waals surface area contributed by atoms with Crippen molar-refractivity contribution in [1.82, 2.24) is 0 Å². The highest BCUT2D eigenvalue weighted by Crippen LogP contribution is 2.26. The van der Waals surface area contributed by atoms with Gasteiger partial charge in [0.15, 0.2) is 0 Å². The summed E-state index contributed by atoms with van der Waals surface area (Å²) in [5.74, 6) is 0.0135. The van der Waals surface area contributed by atoms with E-state index in [0.717, 1.165) is 11.1 Å². The van der Waals surface area contributed by atoms with Crippen molar-refractivity contribution < 1.29 is 10.2 Å². The third-order valence-electron chi connectivity index (χ3n) is 3.55. The zero-order chi connectivity index (χ0) is 13.7. The van der Waals surface area contributed by atoms with Gasteiger partial charge in [0, 0.05) is 12.3 Å². The molecule has 0 amide bonds. The van der Waals surface area contributed by atoms with Crippen LogP contribution in [-0.4, -0.2) is 16.3 Å². The molecule has 0 aliphatic rings. The fourth-order valence-corrected chi connectivity index (χ4v) is 2.22. The van der Waals surface area contributed by atoms with Crippen molar-refractivity contribution in [2.45, 2.75) is 31.5 Å². The number of aliphatic hydroxyl groups is 2. The molecule has 100 valence electrons. The van der Waals surface area contributed by atoms with Crippen LogP contribution in [0.25, 0.3) is 0 Å². The number of hydrogen-bond donors (Lipinski definition) is 2. The van der Waals surface area contributed by atoms with Gasteiger partial charge in [0.25, 0.3) is 0 Å². The monoisotopic (exact) mass is 256 g/mol. The zero-order valence-corrected chi connectivity index (χ0v) is 11.1. The second kappa shape index (κ2) is 6.50. The minimum Gasteiger partial charge on any atom is -0.392 e. The van der Waals surface area contributed by atoms with Gasteiger partial charge < -0.3 is 10.2 Å². The zero-order valence-electron chi connectivity index (χ0n) is 11.1. The molecule has 0 bridgehead atoms. The summed E-state index contributed by atoms with van der Waals surface area (Å²) >= 11 is 0. The average Bonchev–Trinajstić information content (AvgIpc) is 2.48. The number of aliphatic hydroxyl groups excluding tert-OH is 2. The lowest BCUT2D eigenvalue weighted by Crippen LogP contribution is -2.19. The second-order valence-electron chi connectivity index (χ2n) is 4.93. The maximum absolute atomic E-state index is 10.2. The second-order valence-corrected chi connectivity index (χ2v) is 4.93. The van der Waals surface area contributed by atoms with Crippen LogP contribution in [0.2, 0.25) is 0 Å². The van der Waals surface area contributed by atoms with Gasteiger partial charge in [-0.2, -0.15) is 0 Å². The Hall–Kier alpha value is -1.64. The van der Waals surface area contributed by atoms with Crippen molar-refractivity contribution >= 4 is 0 Å². The van der Waals surface area contributed by atoms with Gasteiger partial charge in [-0.15, -0.1) is 0 Å². The minimum atomic E-state index is -0.623. The lowest BCUT2D eigenvalue weighted by Gasteiger charge is -2.22. The smallest absolute Gasteiger partial charge is 0.0814 e. The van der Waals surface area contributed by atoms with Crippen LogP contribution in [0.4, 0.5) is 0 Å². The largest absolute Gasteiger partial charge is 0.392 e. The first-order valence-corrected chi connectivity index (χ1v) is 6.64. The summed E-state index contributed by atoms with van der Waals surface area (Å²) in [5.41, 5.74) is 1.94. The number of benzene rings is 2. The van der Waals surface area contributed by atoms with E-state index in [2.05, 4.69) is 0 Å². The van der Waals surface area contributed by atoms with Crippen LogP contribution in [0.15, 0.2) is 60.7 Å². The van der Waals surface area contributed by atoms with Gasteiger partial charge in [0.1, 0.15) is 0 Å². The average molecular weight is 256 g/mol. The van der Waals surface area contributed by atoms with Crippen molar-refractivity contribution in [2.24, 2.45) is 0 Å². The van der Waals surface area contributed by atoms with Crippen LogP contribution in [-0.2, 0) is 0 Å². The first-order chi connectivity index (χ1) is 9.18. The SMILES string of the molecule is CC(c1ccccc1)C(O)CC(O)c1ccccc1. The highest BCUT2D eigenvalue weighted by Gasteiger charge is 2.20. The lowest BCUT2D eigenvalue weighted by atomic mass is 9.90. The van der Waals surface area contributed by atoms with E-state index >= 15 is 0 Å². The molecule has 2 nitrogen and oxygen atoms in total.